The number of amides is 3. The highest BCUT2D eigenvalue weighted by atomic mass is 35.5. The molecule has 18 N–H and O–H groups in total. The van der Waals surface area contributed by atoms with Gasteiger partial charge in [-0.1, -0.05) is 34.8 Å². The van der Waals surface area contributed by atoms with Crippen LogP contribution in [0.4, 0.5) is 72.0 Å². The van der Waals surface area contributed by atoms with Gasteiger partial charge in [0, 0.05) is 156 Å². The molecule has 0 aliphatic carbocycles. The molecule has 0 radical (unpaired) electrons. The lowest BCUT2D eigenvalue weighted by atomic mass is 10.1. The molecule has 6 aromatic heterocycles. The molecule has 660 valence electrons. The molecule has 13 heterocycles. The lowest BCUT2D eigenvalue weighted by molar-refractivity contribution is -0.497. The second-order valence-electron chi connectivity index (χ2n) is 30.2. The Morgan fingerprint density at radius 1 is 0.415 bits per heavy atom. The summed E-state index contributed by atoms with van der Waals surface area (Å²) in [5, 5.41) is 43.2. The van der Waals surface area contributed by atoms with E-state index >= 15 is 0 Å². The fourth-order valence-corrected chi connectivity index (χ4v) is 14.3. The molecule has 7 aliphatic heterocycles. The highest BCUT2D eigenvalue weighted by molar-refractivity contribution is 6.38. The Morgan fingerprint density at radius 3 is 1.09 bits per heavy atom. The number of carbonyl (C=O) groups is 3. The molecule has 0 bridgehead atoms. The third-order valence-corrected chi connectivity index (χ3v) is 20.0. The summed E-state index contributed by atoms with van der Waals surface area (Å²) in [6, 6.07) is 0.650. The van der Waals surface area contributed by atoms with Crippen molar-refractivity contribution < 1.29 is 80.4 Å². The molecule has 7 fully saturated rings. The van der Waals surface area contributed by atoms with Gasteiger partial charge in [-0.05, 0) is 172 Å². The molecule has 6 aromatic rings. The number of carbonyl (C=O) groups excluding carboxylic acids is 3. The van der Waals surface area contributed by atoms with Gasteiger partial charge in [0.15, 0.2) is 56.0 Å². The van der Waals surface area contributed by atoms with E-state index in [-0.39, 0.29) is 118 Å². The van der Waals surface area contributed by atoms with Gasteiger partial charge in [-0.3, -0.25) is 4.57 Å². The van der Waals surface area contributed by atoms with Crippen molar-refractivity contribution in [3.8, 4) is 0 Å². The number of imidazole rings is 1. The van der Waals surface area contributed by atoms with Gasteiger partial charge >= 0.3 is 24.0 Å². The summed E-state index contributed by atoms with van der Waals surface area (Å²) in [7, 11) is 0. The molecule has 0 saturated carbocycles. The van der Waals surface area contributed by atoms with E-state index in [2.05, 4.69) is 70.8 Å². The van der Waals surface area contributed by atoms with Gasteiger partial charge in [-0.2, -0.15) is 49.8 Å². The maximum absolute atomic E-state index is 12.7. The number of nitrogen functional groups attached to an aromatic ring is 1. The molecule has 13 rings (SSSR count). The van der Waals surface area contributed by atoms with Gasteiger partial charge in [0.1, 0.15) is 28.0 Å². The van der Waals surface area contributed by atoms with Crippen LogP contribution < -0.4 is 58.5 Å². The van der Waals surface area contributed by atoms with Crippen LogP contribution in [0.15, 0.2) is 4.79 Å². The molecular weight excluding hydrogens is 1720 g/mol. The van der Waals surface area contributed by atoms with Crippen LogP contribution in [-0.2, 0) is 33.2 Å². The van der Waals surface area contributed by atoms with E-state index in [0.29, 0.717) is 187 Å². The Bertz CT molecular complexity index is 4260. The second-order valence-corrected chi connectivity index (χ2v) is 32.9. The Labute approximate surface area is 720 Å². The molecule has 0 spiro atoms. The van der Waals surface area contributed by atoms with Crippen LogP contribution in [0.3, 0.4) is 0 Å². The van der Waals surface area contributed by atoms with E-state index in [0.717, 1.165) is 70.1 Å². The first kappa shape index (κ1) is 99.7. The summed E-state index contributed by atoms with van der Waals surface area (Å²) in [5.41, 5.74) is 8.63. The molecule has 0 atom stereocenters. The van der Waals surface area contributed by atoms with Gasteiger partial charge in [0.2, 0.25) is 43.5 Å². The van der Waals surface area contributed by atoms with Crippen LogP contribution in [0.25, 0.3) is 11.2 Å². The molecule has 50 heteroatoms. The van der Waals surface area contributed by atoms with E-state index in [1.54, 1.807) is 19.3 Å². The number of ether oxygens (including phenoxy) is 7. The number of anilines is 7. The first-order valence-corrected chi connectivity index (χ1v) is 40.4. The lowest BCUT2D eigenvalue weighted by Crippen LogP contribution is -2.71. The number of hydrogen-bond donors (Lipinski definition) is 8. The predicted octanol–water partition coefficient (Wildman–Crippen LogP) is 5.73. The number of rotatable bonds is 13. The minimum Gasteiger partial charge on any atom is -0.630 e. The first-order chi connectivity index (χ1) is 54.6. The second kappa shape index (κ2) is 46.2. The van der Waals surface area contributed by atoms with Gasteiger partial charge in [-0.25, -0.2) is 19.2 Å². The van der Waals surface area contributed by atoms with Gasteiger partial charge in [-0.15, -0.1) is 0 Å². The smallest absolute Gasteiger partial charge is 0.410 e. The number of fused-ring (bicyclic) bond motifs is 1. The summed E-state index contributed by atoms with van der Waals surface area (Å²) in [6.07, 6.45) is 5.71. The number of nitrogens with one attached hydrogen (secondary N) is 4. The van der Waals surface area contributed by atoms with Crippen LogP contribution in [0.1, 0.15) is 120 Å². The number of piperazine rings is 3. The Balaban J connectivity index is 0.000000235. The van der Waals surface area contributed by atoms with Crippen LogP contribution >= 0.6 is 92.8 Å². The normalized spacial score (nSPS) is 17.3. The molecule has 7 aliphatic rings. The Morgan fingerprint density at radius 2 is 0.712 bits per heavy atom. The number of H-pyrrole nitrogens is 1. The van der Waals surface area contributed by atoms with Crippen LogP contribution in [-0.4, -0.2) is 275 Å². The summed E-state index contributed by atoms with van der Waals surface area (Å²) in [5.74, 6) is 3.04. The maximum atomic E-state index is 12.7. The molecule has 42 nitrogen and oxygen atoms in total. The van der Waals surface area contributed by atoms with Crippen LogP contribution in [0.5, 0.6) is 0 Å². The lowest BCUT2D eigenvalue weighted by Gasteiger charge is -2.36. The quantitative estimate of drug-likeness (QED) is 0.0296. The number of nitrogens with zero attached hydrogens (tertiary/aromatic N) is 17. The predicted molar refractivity (Wildman–Crippen MR) is 448 cm³/mol. The fraction of sp³-hybridized carbons (Fsp3) is 0.647. The van der Waals surface area contributed by atoms with Gasteiger partial charge in [0.25, 0.3) is 0 Å². The van der Waals surface area contributed by atoms with Crippen molar-refractivity contribution in [3.63, 3.8) is 0 Å². The van der Waals surface area contributed by atoms with Crippen molar-refractivity contribution in [3.05, 3.63) is 68.0 Å². The van der Waals surface area contributed by atoms with Crippen molar-refractivity contribution in [2.24, 2.45) is 0 Å². The summed E-state index contributed by atoms with van der Waals surface area (Å²) >= 11 is 46.4. The van der Waals surface area contributed by atoms with Crippen molar-refractivity contribution in [1.82, 2.24) is 74.1 Å². The number of halogens is 8. The van der Waals surface area contributed by atoms with Crippen molar-refractivity contribution >= 4 is 180 Å². The van der Waals surface area contributed by atoms with Crippen molar-refractivity contribution in [2.75, 3.05) is 168 Å². The monoisotopic (exact) mass is 1820 g/mol. The van der Waals surface area contributed by atoms with E-state index in [4.69, 9.17) is 132 Å². The largest absolute Gasteiger partial charge is 0.630 e. The molecule has 0 aromatic carbocycles. The number of nitrogens with two attached hydrogens (primary N) is 4. The first-order valence-electron chi connectivity index (χ1n) is 37.4. The van der Waals surface area contributed by atoms with E-state index in [1.165, 1.54) is 0 Å². The highest BCUT2D eigenvalue weighted by Crippen LogP contribution is 2.35. The highest BCUT2D eigenvalue weighted by Gasteiger charge is 2.35. The number of aromatic amines is 1. The molecule has 118 heavy (non-hydrogen) atoms. The zero-order valence-corrected chi connectivity index (χ0v) is 72.8. The van der Waals surface area contributed by atoms with E-state index < -0.39 is 16.8 Å². The average molecular weight is 1830 g/mol. The SMILES string of the molecule is CC(C)(C)OC(=O)N1CCN(c2nc(Cl)nc(NC3CCOCC3)c2N)CC1.CC(C)(C)OC(=O)N1CCN(c2nc(Cl)nc(NC3CCOCC3)c2[NH2+][O-])CC1.CC(C)(C)OC(=O)N1CCN(c2nc(Cl)nc3c2[nH]c(=O)n3C2CCOCC2)CC1.O.O.O.[O-][NH2+]c1c(Cl)nc(Cl)nc1Cl.[O-][NH2+]c1c(Cl)nc(Cl)nc1NC1CCOCC1. The third-order valence-electron chi connectivity index (χ3n) is 18.3. The number of quaternary nitrogens is 3. The zero-order valence-electron chi connectivity index (χ0n) is 66.8. The molecular formula is C68H105Cl8N25O17. The minimum atomic E-state index is -0.538. The standard InChI is InChI=1S/C19H27ClN6O4.C18H29ClN6O4.C18H29ClN6O3.C9H12Cl2N4O2.C4H2Cl3N3O.3H2O/c1-19(2,3)30-18(28)25-8-6-24(7-9-25)14-13-15(23-16(20)22-14)26(17(27)21-13)12-4-10-29-11-5-12;1-18(2,3)29-17(26)25-8-6-24(7-9-25)15-13(23-27)14(21-16(19)22-15)20-12-4-10-28-11-5-12;1-18(2,3)28-17(26)25-8-6-24(7-9-25)15-13(20)14(22-16(19)23-15)21-12-4-10-27-11-5-12;10-7-6(15-16)8(14-9(11)13-7)12-5-1-3-17-4-2-5;5-2-1(10-11)3(6)9-4(7)8-2;;;/h12H,4-11H2,1-3H3,(H,21,27);12H,4-11,23H2,1-3H3,(H,20,21,22);12H,4-11,20H2,1-3H3,(H,21,22,23);5H,1-4,15H2,(H,12,13,14);10H2;3*1H2. The molecule has 0 unspecified atom stereocenters. The summed E-state index contributed by atoms with van der Waals surface area (Å²) in [4.78, 5) is 104. The maximum Gasteiger partial charge on any atom is 0.410 e. The third kappa shape index (κ3) is 29.3. The minimum absolute atomic E-state index is 0. The van der Waals surface area contributed by atoms with Gasteiger partial charge in [0.05, 0.1) is 0 Å². The van der Waals surface area contributed by atoms with Crippen molar-refractivity contribution in [2.45, 2.75) is 155 Å². The topological polar surface area (TPSA) is 578 Å². The fourth-order valence-electron chi connectivity index (χ4n) is 12.7. The van der Waals surface area contributed by atoms with Crippen LogP contribution in [0.2, 0.25) is 41.9 Å². The molecule has 3 amide bonds. The van der Waals surface area contributed by atoms with E-state index in [9.17, 15) is 34.8 Å². The van der Waals surface area contributed by atoms with Crippen LogP contribution in [0, 0.1) is 15.6 Å². The van der Waals surface area contributed by atoms with E-state index in [1.807, 2.05) is 77.0 Å². The van der Waals surface area contributed by atoms with Crippen molar-refractivity contribution in [1.29, 1.82) is 0 Å². The number of hydrogen-bond acceptors (Lipinski definition) is 31. The summed E-state index contributed by atoms with van der Waals surface area (Å²) < 4.78 is 39.4. The van der Waals surface area contributed by atoms with Gasteiger partial charge < -0.3 is 138 Å². The summed E-state index contributed by atoms with van der Waals surface area (Å²) in [6.45, 7) is 28.3. The molecule has 7 saturated heterocycles. The average Bonchev–Trinajstić information content (AvgIpc) is 1.60. The Kier molecular flexibility index (Phi) is 39.0. The zero-order chi connectivity index (χ0) is 83.5. The number of aromatic nitrogens is 12. The Hall–Kier alpha value is -7.12.